The number of thiazole rings is 1. The van der Waals surface area contributed by atoms with Crippen molar-refractivity contribution in [1.82, 2.24) is 4.98 Å². The first-order valence-electron chi connectivity index (χ1n) is 7.65. The molecule has 0 aliphatic carbocycles. The van der Waals surface area contributed by atoms with Crippen LogP contribution in [0.3, 0.4) is 0 Å². The van der Waals surface area contributed by atoms with Crippen molar-refractivity contribution in [1.29, 1.82) is 0 Å². The van der Waals surface area contributed by atoms with Crippen molar-refractivity contribution in [2.75, 3.05) is 5.32 Å². The fourth-order valence-electron chi connectivity index (χ4n) is 2.46. The van der Waals surface area contributed by atoms with Crippen LogP contribution in [0, 0.1) is 29.8 Å². The van der Waals surface area contributed by atoms with Gasteiger partial charge in [0.05, 0.1) is 21.9 Å². The summed E-state index contributed by atoms with van der Waals surface area (Å²) in [6.45, 7) is 3.29. The van der Waals surface area contributed by atoms with Crippen LogP contribution in [-0.4, -0.2) is 15.8 Å². The Labute approximate surface area is 152 Å². The summed E-state index contributed by atoms with van der Waals surface area (Å²) >= 11 is 1.18. The van der Waals surface area contributed by atoms with Gasteiger partial charge in [-0.1, -0.05) is 6.07 Å². The summed E-state index contributed by atoms with van der Waals surface area (Å²) < 4.78 is 13.1. The fraction of sp³-hybridized carbons (Fsp3) is 0.111. The van der Waals surface area contributed by atoms with Gasteiger partial charge in [0.15, 0.2) is 0 Å². The molecule has 0 aliphatic rings. The van der Waals surface area contributed by atoms with E-state index in [-0.39, 0.29) is 11.5 Å². The van der Waals surface area contributed by atoms with E-state index in [0.717, 1.165) is 0 Å². The molecular formula is C18H14FN3O3S. The van der Waals surface area contributed by atoms with E-state index in [9.17, 15) is 19.3 Å². The molecule has 1 aromatic heterocycles. The monoisotopic (exact) mass is 371 g/mol. The largest absolute Gasteiger partial charge is 0.321 e. The second kappa shape index (κ2) is 7.01. The number of carbonyl (C=O) groups excluding carboxylic acids is 1. The van der Waals surface area contributed by atoms with E-state index < -0.39 is 10.8 Å². The van der Waals surface area contributed by atoms with Crippen LogP contribution in [0.5, 0.6) is 0 Å². The van der Waals surface area contributed by atoms with Crippen LogP contribution in [0.1, 0.15) is 20.9 Å². The minimum absolute atomic E-state index is 0.0594. The second-order valence-electron chi connectivity index (χ2n) is 5.60. The summed E-state index contributed by atoms with van der Waals surface area (Å²) in [6, 6.07) is 10.4. The van der Waals surface area contributed by atoms with Crippen molar-refractivity contribution in [3.05, 3.63) is 74.5 Å². The number of halogens is 1. The molecule has 0 unspecified atom stereocenters. The molecule has 0 atom stereocenters. The number of aryl methyl sites for hydroxylation is 1. The van der Waals surface area contributed by atoms with Gasteiger partial charge < -0.3 is 5.32 Å². The van der Waals surface area contributed by atoms with Crippen LogP contribution in [0.25, 0.3) is 10.6 Å². The molecule has 0 spiro atoms. The first-order valence-corrected chi connectivity index (χ1v) is 8.47. The predicted octanol–water partition coefficient (Wildman–Crippen LogP) is 4.73. The summed E-state index contributed by atoms with van der Waals surface area (Å²) in [6.07, 6.45) is 0. The molecule has 2 aromatic carbocycles. The maximum Gasteiger partial charge on any atom is 0.274 e. The lowest BCUT2D eigenvalue weighted by molar-refractivity contribution is -0.385. The Morgan fingerprint density at radius 2 is 1.88 bits per heavy atom. The molecule has 0 bridgehead atoms. The van der Waals surface area contributed by atoms with E-state index in [1.807, 2.05) is 0 Å². The van der Waals surface area contributed by atoms with Crippen LogP contribution >= 0.6 is 11.3 Å². The highest BCUT2D eigenvalue weighted by Gasteiger charge is 2.19. The molecule has 0 saturated heterocycles. The fourth-order valence-corrected chi connectivity index (χ4v) is 3.43. The molecule has 0 saturated carbocycles. The first-order chi connectivity index (χ1) is 12.4. The molecule has 0 aliphatic heterocycles. The van der Waals surface area contributed by atoms with E-state index in [1.54, 1.807) is 32.0 Å². The average Bonchev–Trinajstić information content (AvgIpc) is 2.99. The minimum Gasteiger partial charge on any atom is -0.321 e. The van der Waals surface area contributed by atoms with Crippen LogP contribution in [0.2, 0.25) is 0 Å². The van der Waals surface area contributed by atoms with Crippen LogP contribution in [-0.2, 0) is 0 Å². The number of hydrogen-bond donors (Lipinski definition) is 1. The molecule has 1 amide bonds. The maximum atomic E-state index is 13.1. The summed E-state index contributed by atoms with van der Waals surface area (Å²) in [5, 5.41) is 14.3. The zero-order valence-electron chi connectivity index (χ0n) is 13.9. The molecule has 132 valence electrons. The zero-order valence-corrected chi connectivity index (χ0v) is 14.8. The summed E-state index contributed by atoms with van der Waals surface area (Å²) in [5.74, 6) is -0.738. The second-order valence-corrected chi connectivity index (χ2v) is 6.60. The molecule has 1 N–H and O–H groups in total. The zero-order chi connectivity index (χ0) is 18.8. The summed E-state index contributed by atoms with van der Waals surface area (Å²) in [4.78, 5) is 27.9. The summed E-state index contributed by atoms with van der Waals surface area (Å²) in [7, 11) is 0. The van der Waals surface area contributed by atoms with Gasteiger partial charge in [-0.3, -0.25) is 14.9 Å². The number of nitro groups is 1. The third kappa shape index (κ3) is 3.45. The Bertz CT molecular complexity index is 999. The van der Waals surface area contributed by atoms with E-state index >= 15 is 0 Å². The highest BCUT2D eigenvalue weighted by atomic mass is 32.1. The third-order valence-corrected chi connectivity index (χ3v) is 5.05. The number of nitro benzene ring substituents is 1. The lowest BCUT2D eigenvalue weighted by Gasteiger charge is -2.07. The Hall–Kier alpha value is -3.13. The molecule has 0 radical (unpaired) electrons. The van der Waals surface area contributed by atoms with Crippen LogP contribution < -0.4 is 5.32 Å². The highest BCUT2D eigenvalue weighted by molar-refractivity contribution is 7.17. The smallest absolute Gasteiger partial charge is 0.274 e. The number of carbonyl (C=O) groups is 1. The van der Waals surface area contributed by atoms with Crippen molar-refractivity contribution in [3.8, 4) is 10.6 Å². The van der Waals surface area contributed by atoms with Gasteiger partial charge in [0.2, 0.25) is 0 Å². The average molecular weight is 371 g/mol. The van der Waals surface area contributed by atoms with Gasteiger partial charge >= 0.3 is 0 Å². The number of rotatable bonds is 4. The molecule has 26 heavy (non-hydrogen) atoms. The third-order valence-electron chi connectivity index (χ3n) is 3.84. The van der Waals surface area contributed by atoms with Gasteiger partial charge in [-0.2, -0.15) is 0 Å². The van der Waals surface area contributed by atoms with Crippen molar-refractivity contribution in [3.63, 3.8) is 0 Å². The molecule has 6 nitrogen and oxygen atoms in total. The Morgan fingerprint density at radius 3 is 2.54 bits per heavy atom. The predicted molar refractivity (Wildman–Crippen MR) is 98.0 cm³/mol. The standard InChI is InChI=1S/C18H14FN3O3S/c1-10-14(4-3-5-15(10)22(24)25)21-17(23)16-11(2)20-18(26-16)12-6-8-13(19)9-7-12/h3-9H,1-2H3,(H,21,23). The Morgan fingerprint density at radius 1 is 1.19 bits per heavy atom. The van der Waals surface area contributed by atoms with Gasteiger partial charge in [-0.05, 0) is 44.2 Å². The van der Waals surface area contributed by atoms with Gasteiger partial charge in [-0.15, -0.1) is 11.3 Å². The lowest BCUT2D eigenvalue weighted by Crippen LogP contribution is -2.13. The quantitative estimate of drug-likeness (QED) is 0.531. The minimum atomic E-state index is -0.490. The number of amides is 1. The molecule has 3 aromatic rings. The van der Waals surface area contributed by atoms with Crippen LogP contribution in [0.15, 0.2) is 42.5 Å². The molecule has 8 heteroatoms. The topological polar surface area (TPSA) is 85.1 Å². The Kier molecular flexibility index (Phi) is 4.77. The molecule has 0 fully saturated rings. The maximum absolute atomic E-state index is 13.1. The van der Waals surface area contributed by atoms with Gasteiger partial charge in [0, 0.05) is 11.6 Å². The number of nitrogens with one attached hydrogen (secondary N) is 1. The SMILES string of the molecule is Cc1nc(-c2ccc(F)cc2)sc1C(=O)Nc1cccc([N+](=O)[O-])c1C. The highest BCUT2D eigenvalue weighted by Crippen LogP contribution is 2.30. The number of anilines is 1. The van der Waals surface area contributed by atoms with Gasteiger partial charge in [0.25, 0.3) is 11.6 Å². The van der Waals surface area contributed by atoms with E-state index in [1.165, 1.54) is 35.6 Å². The van der Waals surface area contributed by atoms with E-state index in [0.29, 0.717) is 32.4 Å². The van der Waals surface area contributed by atoms with E-state index in [2.05, 4.69) is 10.3 Å². The number of nitrogens with zero attached hydrogens (tertiary/aromatic N) is 2. The molecule has 1 heterocycles. The van der Waals surface area contributed by atoms with Gasteiger partial charge in [-0.25, -0.2) is 9.37 Å². The number of hydrogen-bond acceptors (Lipinski definition) is 5. The van der Waals surface area contributed by atoms with Crippen molar-refractivity contribution < 1.29 is 14.1 Å². The first kappa shape index (κ1) is 17.7. The lowest BCUT2D eigenvalue weighted by atomic mass is 10.1. The van der Waals surface area contributed by atoms with Crippen molar-refractivity contribution in [2.45, 2.75) is 13.8 Å². The van der Waals surface area contributed by atoms with Crippen molar-refractivity contribution >= 4 is 28.6 Å². The normalized spacial score (nSPS) is 10.6. The number of aromatic nitrogens is 1. The molecular weight excluding hydrogens is 357 g/mol. The number of benzene rings is 2. The Balaban J connectivity index is 1.88. The summed E-state index contributed by atoms with van der Waals surface area (Å²) in [5.41, 5.74) is 1.95. The van der Waals surface area contributed by atoms with E-state index in [4.69, 9.17) is 0 Å². The van der Waals surface area contributed by atoms with Crippen molar-refractivity contribution in [2.24, 2.45) is 0 Å². The molecule has 3 rings (SSSR count). The van der Waals surface area contributed by atoms with Crippen LogP contribution in [0.4, 0.5) is 15.8 Å². The van der Waals surface area contributed by atoms with Gasteiger partial charge in [0.1, 0.15) is 15.7 Å².